The maximum Gasteiger partial charge on any atom is 0.307 e. The summed E-state index contributed by atoms with van der Waals surface area (Å²) in [5.74, 6) is -0.412. The van der Waals surface area contributed by atoms with E-state index in [0.29, 0.717) is 32.7 Å². The van der Waals surface area contributed by atoms with Gasteiger partial charge in [-0.2, -0.15) is 0 Å². The predicted octanol–water partition coefficient (Wildman–Crippen LogP) is -1.69. The Hall–Kier alpha value is -0.730. The molecule has 7 nitrogen and oxygen atoms in total. The fourth-order valence-corrected chi connectivity index (χ4v) is 1.77. The van der Waals surface area contributed by atoms with Crippen molar-refractivity contribution in [2.75, 3.05) is 39.5 Å². The summed E-state index contributed by atoms with van der Waals surface area (Å²) in [6, 6.07) is 0. The number of carbonyl (C=O) groups is 1. The van der Waals surface area contributed by atoms with Crippen molar-refractivity contribution in [1.82, 2.24) is 4.90 Å². The Kier molecular flexibility index (Phi) is 7.14. The monoisotopic (exact) mass is 263 g/mol. The van der Waals surface area contributed by atoms with Gasteiger partial charge in [-0.05, 0) is 0 Å². The van der Waals surface area contributed by atoms with Gasteiger partial charge in [0.1, 0.15) is 0 Å². The molecule has 0 radical (unpaired) electrons. The van der Waals surface area contributed by atoms with Crippen LogP contribution in [0.15, 0.2) is 0 Å². The van der Waals surface area contributed by atoms with E-state index in [0.717, 1.165) is 0 Å². The second-order valence-electron chi connectivity index (χ2n) is 4.12. The third-order valence-corrected chi connectivity index (χ3v) is 2.76. The zero-order valence-corrected chi connectivity index (χ0v) is 10.3. The number of carbonyl (C=O) groups excluding carboxylic acids is 1. The molecule has 1 heterocycles. The van der Waals surface area contributed by atoms with Gasteiger partial charge in [-0.25, -0.2) is 0 Å². The van der Waals surface area contributed by atoms with Crippen molar-refractivity contribution >= 4 is 5.97 Å². The maximum atomic E-state index is 11.5. The highest BCUT2D eigenvalue weighted by atomic mass is 16.7. The van der Waals surface area contributed by atoms with Crippen LogP contribution in [0.2, 0.25) is 0 Å². The Balaban J connectivity index is 2.22. The summed E-state index contributed by atoms with van der Waals surface area (Å²) < 4.78 is 9.94. The van der Waals surface area contributed by atoms with Crippen LogP contribution < -0.4 is 0 Å². The average molecular weight is 263 g/mol. The first-order chi connectivity index (χ1) is 8.67. The van der Waals surface area contributed by atoms with Crippen LogP contribution in [-0.2, 0) is 14.3 Å². The SMILES string of the molecule is O=C(CCN(CCO)CCO)OC1CCOC1O. The number of esters is 1. The van der Waals surface area contributed by atoms with Crippen molar-refractivity contribution in [3.8, 4) is 0 Å². The fraction of sp³-hybridized carbons (Fsp3) is 0.909. The predicted molar refractivity (Wildman–Crippen MR) is 61.7 cm³/mol. The van der Waals surface area contributed by atoms with Gasteiger partial charge >= 0.3 is 5.97 Å². The molecule has 7 heteroatoms. The minimum absolute atomic E-state index is 0.0236. The minimum atomic E-state index is -1.03. The molecule has 0 spiro atoms. The van der Waals surface area contributed by atoms with Crippen LogP contribution in [0.25, 0.3) is 0 Å². The van der Waals surface area contributed by atoms with Crippen molar-refractivity contribution in [3.05, 3.63) is 0 Å². The van der Waals surface area contributed by atoms with E-state index in [2.05, 4.69) is 0 Å². The molecule has 2 unspecified atom stereocenters. The minimum Gasteiger partial charge on any atom is -0.457 e. The van der Waals surface area contributed by atoms with E-state index in [1.165, 1.54) is 0 Å². The molecule has 18 heavy (non-hydrogen) atoms. The van der Waals surface area contributed by atoms with Crippen molar-refractivity contribution in [1.29, 1.82) is 0 Å². The van der Waals surface area contributed by atoms with Crippen LogP contribution in [0.4, 0.5) is 0 Å². The summed E-state index contributed by atoms with van der Waals surface area (Å²) in [5.41, 5.74) is 0. The first-order valence-electron chi connectivity index (χ1n) is 6.10. The van der Waals surface area contributed by atoms with E-state index in [4.69, 9.17) is 19.7 Å². The number of hydrogen-bond donors (Lipinski definition) is 3. The number of aliphatic hydroxyl groups excluding tert-OH is 3. The van der Waals surface area contributed by atoms with Crippen molar-refractivity contribution < 1.29 is 29.6 Å². The molecule has 106 valence electrons. The molecular weight excluding hydrogens is 242 g/mol. The van der Waals surface area contributed by atoms with Crippen LogP contribution in [-0.4, -0.2) is 78.0 Å². The quantitative estimate of drug-likeness (QED) is 0.449. The van der Waals surface area contributed by atoms with E-state index in [1.807, 2.05) is 0 Å². The first-order valence-corrected chi connectivity index (χ1v) is 6.10. The molecule has 1 fully saturated rings. The highest BCUT2D eigenvalue weighted by Crippen LogP contribution is 2.15. The van der Waals surface area contributed by atoms with Crippen LogP contribution in [0, 0.1) is 0 Å². The molecule has 1 aliphatic rings. The van der Waals surface area contributed by atoms with Crippen LogP contribution in [0.5, 0.6) is 0 Å². The molecule has 1 saturated heterocycles. The number of hydrogen-bond acceptors (Lipinski definition) is 7. The zero-order chi connectivity index (χ0) is 13.4. The molecule has 0 amide bonds. The maximum absolute atomic E-state index is 11.5. The van der Waals surface area contributed by atoms with Crippen LogP contribution in [0.3, 0.4) is 0 Å². The summed E-state index contributed by atoms with van der Waals surface area (Å²) in [6.45, 7) is 1.56. The van der Waals surface area contributed by atoms with E-state index < -0.39 is 18.4 Å². The second-order valence-corrected chi connectivity index (χ2v) is 4.12. The van der Waals surface area contributed by atoms with Crippen LogP contribution in [0.1, 0.15) is 12.8 Å². The molecule has 0 aromatic rings. The summed E-state index contributed by atoms with van der Waals surface area (Å²) in [4.78, 5) is 13.3. The number of aliphatic hydroxyl groups is 3. The van der Waals surface area contributed by atoms with Gasteiger partial charge in [-0.3, -0.25) is 9.69 Å². The number of rotatable bonds is 8. The Morgan fingerprint density at radius 1 is 1.28 bits per heavy atom. The first kappa shape index (κ1) is 15.3. The fourth-order valence-electron chi connectivity index (χ4n) is 1.77. The van der Waals surface area contributed by atoms with Crippen molar-refractivity contribution in [3.63, 3.8) is 0 Å². The van der Waals surface area contributed by atoms with Gasteiger partial charge in [0.25, 0.3) is 0 Å². The van der Waals surface area contributed by atoms with Gasteiger partial charge in [0.05, 0.1) is 26.2 Å². The lowest BCUT2D eigenvalue weighted by Crippen LogP contribution is -2.33. The lowest BCUT2D eigenvalue weighted by molar-refractivity contribution is -0.166. The molecular formula is C11H21NO6. The summed E-state index contributed by atoms with van der Waals surface area (Å²) in [6.07, 6.45) is -0.950. The molecule has 1 rings (SSSR count). The summed E-state index contributed by atoms with van der Waals surface area (Å²) in [5, 5.41) is 26.9. The topological polar surface area (TPSA) is 99.5 Å². The molecule has 1 aliphatic heterocycles. The Labute approximate surface area is 106 Å². The Morgan fingerprint density at radius 2 is 1.94 bits per heavy atom. The van der Waals surface area contributed by atoms with Gasteiger partial charge < -0.3 is 24.8 Å². The molecule has 0 saturated carbocycles. The molecule has 0 aromatic carbocycles. The highest BCUT2D eigenvalue weighted by molar-refractivity contribution is 5.69. The zero-order valence-electron chi connectivity index (χ0n) is 10.3. The average Bonchev–Trinajstić information content (AvgIpc) is 2.73. The molecule has 2 atom stereocenters. The Morgan fingerprint density at radius 3 is 2.44 bits per heavy atom. The van der Waals surface area contributed by atoms with Crippen molar-refractivity contribution in [2.45, 2.75) is 25.2 Å². The lowest BCUT2D eigenvalue weighted by atomic mass is 10.3. The normalized spacial score (nSPS) is 23.6. The van der Waals surface area contributed by atoms with Crippen molar-refractivity contribution in [2.24, 2.45) is 0 Å². The highest BCUT2D eigenvalue weighted by Gasteiger charge is 2.29. The standard InChI is InChI=1S/C11H21NO6/c13-6-4-12(5-7-14)3-1-10(15)18-9-2-8-17-11(9)16/h9,11,13-14,16H,1-8H2. The molecule has 0 bridgehead atoms. The van der Waals surface area contributed by atoms with Gasteiger partial charge in [0.15, 0.2) is 12.4 Å². The number of nitrogens with zero attached hydrogens (tertiary/aromatic N) is 1. The van der Waals surface area contributed by atoms with Gasteiger partial charge in [-0.15, -0.1) is 0 Å². The van der Waals surface area contributed by atoms with E-state index in [9.17, 15) is 9.90 Å². The van der Waals surface area contributed by atoms with E-state index in [-0.39, 0.29) is 19.6 Å². The van der Waals surface area contributed by atoms with Gasteiger partial charge in [0, 0.05) is 26.1 Å². The Bertz CT molecular complexity index is 244. The molecule has 3 N–H and O–H groups in total. The van der Waals surface area contributed by atoms with E-state index in [1.54, 1.807) is 4.90 Å². The lowest BCUT2D eigenvalue weighted by Gasteiger charge is -2.20. The summed E-state index contributed by atoms with van der Waals surface area (Å²) in [7, 11) is 0. The largest absolute Gasteiger partial charge is 0.457 e. The molecule has 0 aromatic heterocycles. The third kappa shape index (κ3) is 5.28. The molecule has 0 aliphatic carbocycles. The third-order valence-electron chi connectivity index (χ3n) is 2.76. The number of ether oxygens (including phenoxy) is 2. The smallest absolute Gasteiger partial charge is 0.307 e. The van der Waals surface area contributed by atoms with E-state index >= 15 is 0 Å². The van der Waals surface area contributed by atoms with Crippen LogP contribution >= 0.6 is 0 Å². The summed E-state index contributed by atoms with van der Waals surface area (Å²) >= 11 is 0. The van der Waals surface area contributed by atoms with Gasteiger partial charge in [-0.1, -0.05) is 0 Å². The second kappa shape index (κ2) is 8.39. The van der Waals surface area contributed by atoms with Gasteiger partial charge in [0.2, 0.25) is 0 Å².